The molecule has 0 heterocycles. The summed E-state index contributed by atoms with van der Waals surface area (Å²) in [6.07, 6.45) is 3.31. The first-order valence-corrected chi connectivity index (χ1v) is 8.94. The largest absolute Gasteiger partial charge is 0.381 e. The van der Waals surface area contributed by atoms with Crippen molar-refractivity contribution < 1.29 is 4.74 Å². The second-order valence-electron chi connectivity index (χ2n) is 6.11. The van der Waals surface area contributed by atoms with Crippen LogP contribution >= 0.6 is 15.9 Å². The van der Waals surface area contributed by atoms with E-state index in [0.29, 0.717) is 11.8 Å². The fraction of sp³-hybridized carbons (Fsp3) is 0.667. The molecule has 1 aromatic rings. The second-order valence-corrected chi connectivity index (χ2v) is 6.97. The van der Waals surface area contributed by atoms with Crippen molar-refractivity contribution >= 4 is 15.9 Å². The summed E-state index contributed by atoms with van der Waals surface area (Å²) < 4.78 is 6.89. The maximum atomic E-state index is 5.67. The third kappa shape index (κ3) is 8.60. The monoisotopic (exact) mass is 355 g/mol. The number of halogens is 1. The van der Waals surface area contributed by atoms with Gasteiger partial charge in [0, 0.05) is 17.7 Å². The van der Waals surface area contributed by atoms with Crippen LogP contribution in [0.3, 0.4) is 0 Å². The molecule has 2 nitrogen and oxygen atoms in total. The lowest BCUT2D eigenvalue weighted by atomic mass is 9.96. The van der Waals surface area contributed by atoms with Gasteiger partial charge in [0.2, 0.25) is 0 Å². The molecule has 1 aromatic carbocycles. The quantitative estimate of drug-likeness (QED) is 0.582. The van der Waals surface area contributed by atoms with Gasteiger partial charge in [-0.3, -0.25) is 0 Å². The summed E-state index contributed by atoms with van der Waals surface area (Å²) in [7, 11) is 0. The van der Waals surface area contributed by atoms with E-state index in [-0.39, 0.29) is 0 Å². The molecule has 0 aliphatic rings. The van der Waals surface area contributed by atoms with E-state index in [1.54, 1.807) is 0 Å². The van der Waals surface area contributed by atoms with Crippen LogP contribution in [0.1, 0.15) is 39.2 Å². The van der Waals surface area contributed by atoms with Crippen LogP contribution < -0.4 is 5.32 Å². The third-order valence-electron chi connectivity index (χ3n) is 3.47. The van der Waals surface area contributed by atoms with Crippen molar-refractivity contribution in [3.8, 4) is 0 Å². The molecule has 0 saturated carbocycles. The Morgan fingerprint density at radius 3 is 2.57 bits per heavy atom. The Hall–Kier alpha value is -0.380. The van der Waals surface area contributed by atoms with Crippen molar-refractivity contribution in [3.63, 3.8) is 0 Å². The molecular weight excluding hydrogens is 326 g/mol. The van der Waals surface area contributed by atoms with Gasteiger partial charge in [-0.25, -0.2) is 0 Å². The van der Waals surface area contributed by atoms with Crippen LogP contribution in [0.4, 0.5) is 0 Å². The molecule has 0 saturated heterocycles. The van der Waals surface area contributed by atoms with Crippen molar-refractivity contribution in [1.82, 2.24) is 5.32 Å². The van der Waals surface area contributed by atoms with Crippen molar-refractivity contribution in [2.45, 2.75) is 40.0 Å². The molecule has 0 spiro atoms. The summed E-state index contributed by atoms with van der Waals surface area (Å²) in [6.45, 7) is 10.5. The van der Waals surface area contributed by atoms with E-state index in [9.17, 15) is 0 Å². The molecular formula is C18H30BrNO. The van der Waals surface area contributed by atoms with E-state index >= 15 is 0 Å². The van der Waals surface area contributed by atoms with Gasteiger partial charge in [-0.05, 0) is 55.8 Å². The van der Waals surface area contributed by atoms with Crippen LogP contribution in [0.15, 0.2) is 28.7 Å². The fourth-order valence-corrected chi connectivity index (χ4v) is 2.77. The Morgan fingerprint density at radius 2 is 1.90 bits per heavy atom. The van der Waals surface area contributed by atoms with Gasteiger partial charge < -0.3 is 10.1 Å². The number of rotatable bonds is 11. The standard InChI is InChI=1S/C18H30BrNO/c1-4-10-21-11-9-16(14-20-13-15(2)3)12-17-7-5-6-8-18(17)19/h5-8,15-16,20H,4,9-14H2,1-3H3. The average molecular weight is 356 g/mol. The topological polar surface area (TPSA) is 21.3 Å². The van der Waals surface area contributed by atoms with Crippen LogP contribution in [-0.4, -0.2) is 26.3 Å². The van der Waals surface area contributed by atoms with E-state index < -0.39 is 0 Å². The predicted octanol–water partition coefficient (Wildman–Crippen LogP) is 4.67. The van der Waals surface area contributed by atoms with Gasteiger partial charge in [0.1, 0.15) is 0 Å². The van der Waals surface area contributed by atoms with Crippen molar-refractivity contribution in [2.24, 2.45) is 11.8 Å². The predicted molar refractivity (Wildman–Crippen MR) is 94.8 cm³/mol. The molecule has 0 aromatic heterocycles. The van der Waals surface area contributed by atoms with Crippen molar-refractivity contribution in [2.75, 3.05) is 26.3 Å². The third-order valence-corrected chi connectivity index (χ3v) is 4.24. The number of hydrogen-bond acceptors (Lipinski definition) is 2. The Morgan fingerprint density at radius 1 is 1.14 bits per heavy atom. The first-order chi connectivity index (χ1) is 10.1. The van der Waals surface area contributed by atoms with Crippen molar-refractivity contribution in [3.05, 3.63) is 34.3 Å². The molecule has 0 fully saturated rings. The summed E-state index contributed by atoms with van der Waals surface area (Å²) in [5.41, 5.74) is 1.39. The zero-order chi connectivity index (χ0) is 15.5. The number of nitrogens with one attached hydrogen (secondary N) is 1. The Balaban J connectivity index is 2.47. The molecule has 1 atom stereocenters. The highest BCUT2D eigenvalue weighted by molar-refractivity contribution is 9.10. The molecule has 1 N–H and O–H groups in total. The van der Waals surface area contributed by atoms with Gasteiger partial charge in [-0.1, -0.05) is 54.9 Å². The number of ether oxygens (including phenoxy) is 1. The van der Waals surface area contributed by atoms with Crippen molar-refractivity contribution in [1.29, 1.82) is 0 Å². The van der Waals surface area contributed by atoms with Gasteiger partial charge >= 0.3 is 0 Å². The molecule has 0 radical (unpaired) electrons. The lowest BCUT2D eigenvalue weighted by Crippen LogP contribution is -2.28. The highest BCUT2D eigenvalue weighted by Crippen LogP contribution is 2.21. The maximum Gasteiger partial charge on any atom is 0.0469 e. The molecule has 1 unspecified atom stereocenters. The fourth-order valence-electron chi connectivity index (χ4n) is 2.32. The van der Waals surface area contributed by atoms with Gasteiger partial charge in [0.15, 0.2) is 0 Å². The highest BCUT2D eigenvalue weighted by Gasteiger charge is 2.12. The molecule has 120 valence electrons. The molecule has 3 heteroatoms. The van der Waals surface area contributed by atoms with E-state index in [0.717, 1.165) is 45.6 Å². The van der Waals surface area contributed by atoms with Gasteiger partial charge in [0.25, 0.3) is 0 Å². The van der Waals surface area contributed by atoms with E-state index in [1.165, 1.54) is 10.0 Å². The van der Waals surface area contributed by atoms with Gasteiger partial charge in [0.05, 0.1) is 0 Å². The van der Waals surface area contributed by atoms with Crippen LogP contribution in [0.5, 0.6) is 0 Å². The van der Waals surface area contributed by atoms with E-state index in [4.69, 9.17) is 4.74 Å². The summed E-state index contributed by atoms with van der Waals surface area (Å²) >= 11 is 3.66. The SMILES string of the molecule is CCCOCCC(CNCC(C)C)Cc1ccccc1Br. The summed E-state index contributed by atoms with van der Waals surface area (Å²) in [5, 5.41) is 3.59. The van der Waals surface area contributed by atoms with Gasteiger partial charge in [-0.2, -0.15) is 0 Å². The Labute approximate surface area is 138 Å². The zero-order valence-electron chi connectivity index (χ0n) is 13.7. The van der Waals surface area contributed by atoms with E-state index in [2.05, 4.69) is 66.3 Å². The van der Waals surface area contributed by atoms with Crippen LogP contribution in [0.25, 0.3) is 0 Å². The zero-order valence-corrected chi connectivity index (χ0v) is 15.3. The summed E-state index contributed by atoms with van der Waals surface area (Å²) in [5.74, 6) is 1.32. The lowest BCUT2D eigenvalue weighted by molar-refractivity contribution is 0.120. The number of hydrogen-bond donors (Lipinski definition) is 1. The first-order valence-electron chi connectivity index (χ1n) is 8.15. The summed E-state index contributed by atoms with van der Waals surface area (Å²) in [6, 6.07) is 8.53. The lowest BCUT2D eigenvalue weighted by Gasteiger charge is -2.19. The molecule has 0 aliphatic heterocycles. The Kier molecular flexibility index (Phi) is 9.98. The maximum absolute atomic E-state index is 5.67. The highest BCUT2D eigenvalue weighted by atomic mass is 79.9. The normalized spacial score (nSPS) is 12.8. The second kappa shape index (κ2) is 11.2. The van der Waals surface area contributed by atoms with Crippen LogP contribution in [0, 0.1) is 11.8 Å². The molecule has 1 rings (SSSR count). The van der Waals surface area contributed by atoms with E-state index in [1.807, 2.05) is 0 Å². The minimum atomic E-state index is 0.624. The number of benzene rings is 1. The molecule has 0 amide bonds. The minimum absolute atomic E-state index is 0.624. The Bertz CT molecular complexity index is 381. The molecule has 0 aliphatic carbocycles. The average Bonchev–Trinajstić information content (AvgIpc) is 2.45. The molecule has 21 heavy (non-hydrogen) atoms. The van der Waals surface area contributed by atoms with Gasteiger partial charge in [-0.15, -0.1) is 0 Å². The smallest absolute Gasteiger partial charge is 0.0469 e. The molecule has 0 bridgehead atoms. The van der Waals surface area contributed by atoms with Crippen LogP contribution in [-0.2, 0) is 11.2 Å². The minimum Gasteiger partial charge on any atom is -0.381 e. The van der Waals surface area contributed by atoms with Crippen LogP contribution in [0.2, 0.25) is 0 Å². The first kappa shape index (κ1) is 18.7. The summed E-state index contributed by atoms with van der Waals surface area (Å²) in [4.78, 5) is 0.